The zero-order valence-corrected chi connectivity index (χ0v) is 14.9. The molecule has 1 amide bonds. The first kappa shape index (κ1) is 16.6. The summed E-state index contributed by atoms with van der Waals surface area (Å²) in [6, 6.07) is 7.37. The van der Waals surface area contributed by atoms with Gasteiger partial charge in [-0.05, 0) is 26.8 Å². The van der Waals surface area contributed by atoms with Gasteiger partial charge in [-0.2, -0.15) is 0 Å². The summed E-state index contributed by atoms with van der Waals surface area (Å²) in [4.78, 5) is 12.5. The molecule has 24 heavy (non-hydrogen) atoms. The van der Waals surface area contributed by atoms with E-state index in [2.05, 4.69) is 20.7 Å². The van der Waals surface area contributed by atoms with E-state index in [0.717, 1.165) is 11.1 Å². The molecule has 3 rings (SSSR count). The standard InChI is InChI=1S/C16H15ClN4O2S/c1-8(13-9(2)21-23-10(13)3)14(22)18-16-20-19-15(24-16)11-6-4-5-7-12(11)17/h4-8H,1-3H3,(H,18,20,22)/t8-/m0/s1. The number of carbonyl (C=O) groups is 1. The van der Waals surface area contributed by atoms with Crippen molar-refractivity contribution in [2.24, 2.45) is 0 Å². The minimum absolute atomic E-state index is 0.189. The molecular formula is C16H15ClN4O2S. The van der Waals surface area contributed by atoms with Crippen molar-refractivity contribution >= 4 is 34.0 Å². The van der Waals surface area contributed by atoms with E-state index in [4.69, 9.17) is 16.1 Å². The number of anilines is 1. The lowest BCUT2D eigenvalue weighted by atomic mass is 9.99. The molecule has 8 heteroatoms. The second-order valence-corrected chi connectivity index (χ2v) is 6.73. The van der Waals surface area contributed by atoms with Crippen LogP contribution < -0.4 is 5.32 Å². The minimum atomic E-state index is -0.399. The molecule has 0 fully saturated rings. The first-order chi connectivity index (χ1) is 11.5. The molecular weight excluding hydrogens is 348 g/mol. The molecule has 0 aliphatic rings. The Morgan fingerprint density at radius 2 is 2.04 bits per heavy atom. The van der Waals surface area contributed by atoms with Gasteiger partial charge >= 0.3 is 0 Å². The van der Waals surface area contributed by atoms with Crippen molar-refractivity contribution in [2.45, 2.75) is 26.7 Å². The van der Waals surface area contributed by atoms with Gasteiger partial charge < -0.3 is 4.52 Å². The van der Waals surface area contributed by atoms with Crippen LogP contribution in [0.4, 0.5) is 5.13 Å². The Hall–Kier alpha value is -2.25. The van der Waals surface area contributed by atoms with Crippen molar-refractivity contribution < 1.29 is 9.32 Å². The van der Waals surface area contributed by atoms with E-state index in [1.807, 2.05) is 25.1 Å². The molecule has 0 unspecified atom stereocenters. The van der Waals surface area contributed by atoms with Crippen LogP contribution in [0.25, 0.3) is 10.6 Å². The van der Waals surface area contributed by atoms with E-state index >= 15 is 0 Å². The molecule has 3 aromatic rings. The van der Waals surface area contributed by atoms with Crippen molar-refractivity contribution in [2.75, 3.05) is 5.32 Å². The lowest BCUT2D eigenvalue weighted by molar-refractivity contribution is -0.117. The molecule has 0 spiro atoms. The zero-order valence-electron chi connectivity index (χ0n) is 13.3. The highest BCUT2D eigenvalue weighted by Gasteiger charge is 2.24. The molecule has 0 bridgehead atoms. The normalized spacial score (nSPS) is 12.2. The van der Waals surface area contributed by atoms with Crippen LogP contribution >= 0.6 is 22.9 Å². The van der Waals surface area contributed by atoms with E-state index in [1.54, 1.807) is 19.9 Å². The topological polar surface area (TPSA) is 80.9 Å². The maximum absolute atomic E-state index is 12.5. The number of amides is 1. The Morgan fingerprint density at radius 3 is 2.71 bits per heavy atom. The van der Waals surface area contributed by atoms with Crippen molar-refractivity contribution in [1.82, 2.24) is 15.4 Å². The summed E-state index contributed by atoms with van der Waals surface area (Å²) in [6.45, 7) is 5.41. The van der Waals surface area contributed by atoms with Crippen LogP contribution in [-0.2, 0) is 4.79 Å². The van der Waals surface area contributed by atoms with Crippen molar-refractivity contribution in [1.29, 1.82) is 0 Å². The number of carbonyl (C=O) groups excluding carboxylic acids is 1. The van der Waals surface area contributed by atoms with Crippen molar-refractivity contribution in [3.8, 4) is 10.6 Å². The maximum atomic E-state index is 12.5. The Morgan fingerprint density at radius 1 is 1.29 bits per heavy atom. The Balaban J connectivity index is 1.78. The summed E-state index contributed by atoms with van der Waals surface area (Å²) in [5.74, 6) is 0.0549. The first-order valence-electron chi connectivity index (χ1n) is 7.29. The summed E-state index contributed by atoms with van der Waals surface area (Å²) in [5.41, 5.74) is 2.29. The van der Waals surface area contributed by atoms with Gasteiger partial charge in [0.15, 0.2) is 5.01 Å². The fraction of sp³-hybridized carbons (Fsp3) is 0.250. The quantitative estimate of drug-likeness (QED) is 0.752. The van der Waals surface area contributed by atoms with Crippen LogP contribution in [0.2, 0.25) is 5.02 Å². The van der Waals surface area contributed by atoms with E-state index in [9.17, 15) is 4.79 Å². The molecule has 0 radical (unpaired) electrons. The summed E-state index contributed by atoms with van der Waals surface area (Å²) in [7, 11) is 0. The van der Waals surface area contributed by atoms with Gasteiger partial charge in [0.25, 0.3) is 0 Å². The third kappa shape index (κ3) is 3.18. The van der Waals surface area contributed by atoms with Gasteiger partial charge in [-0.25, -0.2) is 0 Å². The molecule has 0 aliphatic heterocycles. The number of nitrogens with zero attached hydrogens (tertiary/aromatic N) is 3. The fourth-order valence-corrected chi connectivity index (χ4v) is 3.54. The van der Waals surface area contributed by atoms with Crippen molar-refractivity contribution in [3.63, 3.8) is 0 Å². The molecule has 1 N–H and O–H groups in total. The van der Waals surface area contributed by atoms with Gasteiger partial charge in [0.1, 0.15) is 5.76 Å². The van der Waals surface area contributed by atoms with Crippen LogP contribution in [0.15, 0.2) is 28.8 Å². The molecule has 124 valence electrons. The lowest BCUT2D eigenvalue weighted by Gasteiger charge is -2.09. The summed E-state index contributed by atoms with van der Waals surface area (Å²) < 4.78 is 5.12. The molecule has 0 saturated carbocycles. The number of rotatable bonds is 4. The van der Waals surface area contributed by atoms with Gasteiger partial charge in [-0.3, -0.25) is 10.1 Å². The zero-order chi connectivity index (χ0) is 17.3. The number of aryl methyl sites for hydroxylation is 2. The van der Waals surface area contributed by atoms with E-state index < -0.39 is 5.92 Å². The minimum Gasteiger partial charge on any atom is -0.361 e. The second-order valence-electron chi connectivity index (χ2n) is 5.34. The average molecular weight is 363 g/mol. The molecule has 6 nitrogen and oxygen atoms in total. The monoisotopic (exact) mass is 362 g/mol. The average Bonchev–Trinajstić information content (AvgIpc) is 3.14. The fourth-order valence-electron chi connectivity index (χ4n) is 2.47. The Labute approximate surface area is 147 Å². The molecule has 2 heterocycles. The molecule has 0 aliphatic carbocycles. The second kappa shape index (κ2) is 6.70. The number of hydrogen-bond donors (Lipinski definition) is 1. The number of nitrogens with one attached hydrogen (secondary N) is 1. The van der Waals surface area contributed by atoms with Crippen LogP contribution in [0.5, 0.6) is 0 Å². The SMILES string of the molecule is Cc1noc(C)c1[C@H](C)C(=O)Nc1nnc(-c2ccccc2Cl)s1. The number of halogens is 1. The van der Waals surface area contributed by atoms with E-state index in [-0.39, 0.29) is 5.91 Å². The van der Waals surface area contributed by atoms with E-state index in [0.29, 0.717) is 26.6 Å². The number of hydrogen-bond acceptors (Lipinski definition) is 6. The largest absolute Gasteiger partial charge is 0.361 e. The van der Waals surface area contributed by atoms with Gasteiger partial charge in [-0.1, -0.05) is 46.3 Å². The van der Waals surface area contributed by atoms with Crippen LogP contribution in [0.1, 0.15) is 29.9 Å². The Kier molecular flexibility index (Phi) is 4.64. The van der Waals surface area contributed by atoms with Gasteiger partial charge in [0.05, 0.1) is 16.6 Å². The van der Waals surface area contributed by atoms with Crippen molar-refractivity contribution in [3.05, 3.63) is 46.3 Å². The van der Waals surface area contributed by atoms with Crippen LogP contribution in [0, 0.1) is 13.8 Å². The van der Waals surface area contributed by atoms with Crippen LogP contribution in [0.3, 0.4) is 0 Å². The first-order valence-corrected chi connectivity index (χ1v) is 8.49. The highest BCUT2D eigenvalue weighted by molar-refractivity contribution is 7.18. The molecule has 1 atom stereocenters. The smallest absolute Gasteiger partial charge is 0.233 e. The maximum Gasteiger partial charge on any atom is 0.233 e. The lowest BCUT2D eigenvalue weighted by Crippen LogP contribution is -2.19. The van der Waals surface area contributed by atoms with Crippen LogP contribution in [-0.4, -0.2) is 21.3 Å². The highest BCUT2D eigenvalue weighted by atomic mass is 35.5. The molecule has 2 aromatic heterocycles. The predicted molar refractivity (Wildman–Crippen MR) is 93.4 cm³/mol. The molecule has 1 aromatic carbocycles. The summed E-state index contributed by atoms with van der Waals surface area (Å²) in [5, 5.41) is 16.5. The van der Waals surface area contributed by atoms with Gasteiger partial charge in [0, 0.05) is 11.1 Å². The third-order valence-electron chi connectivity index (χ3n) is 3.67. The number of benzene rings is 1. The van der Waals surface area contributed by atoms with E-state index in [1.165, 1.54) is 11.3 Å². The Bertz CT molecular complexity index is 870. The third-order valence-corrected chi connectivity index (χ3v) is 4.88. The molecule has 0 saturated heterocycles. The van der Waals surface area contributed by atoms with Gasteiger partial charge in [-0.15, -0.1) is 10.2 Å². The predicted octanol–water partition coefficient (Wildman–Crippen LogP) is 4.21. The summed E-state index contributed by atoms with van der Waals surface area (Å²) in [6.07, 6.45) is 0. The number of aromatic nitrogens is 3. The summed E-state index contributed by atoms with van der Waals surface area (Å²) >= 11 is 7.43. The van der Waals surface area contributed by atoms with Gasteiger partial charge in [0.2, 0.25) is 11.0 Å². The highest BCUT2D eigenvalue weighted by Crippen LogP contribution is 2.32.